The van der Waals surface area contributed by atoms with Gasteiger partial charge in [-0.05, 0) is 64.2 Å². The highest BCUT2D eigenvalue weighted by Crippen LogP contribution is 2.16. The number of carboxylic acids is 1. The second kappa shape index (κ2) is 25.5. The van der Waals surface area contributed by atoms with E-state index in [1.807, 2.05) is 0 Å². The fraction of sp³-hybridized carbons (Fsp3) is 0.667. The Morgan fingerprint density at radius 3 is 1.85 bits per heavy atom. The van der Waals surface area contributed by atoms with Crippen LogP contribution in [-0.4, -0.2) is 23.1 Å². The van der Waals surface area contributed by atoms with Gasteiger partial charge in [-0.15, -0.1) is 0 Å². The van der Waals surface area contributed by atoms with Crippen LogP contribution in [0.1, 0.15) is 123 Å². The van der Waals surface area contributed by atoms with Crippen molar-refractivity contribution in [3.8, 4) is 0 Å². The Balaban J connectivity index is 4.18. The first-order valence-electron chi connectivity index (χ1n) is 13.6. The third kappa shape index (κ3) is 24.5. The quantitative estimate of drug-likeness (QED) is 0.0912. The van der Waals surface area contributed by atoms with E-state index in [2.05, 4.69) is 62.5 Å². The van der Waals surface area contributed by atoms with E-state index in [0.29, 0.717) is 6.42 Å². The van der Waals surface area contributed by atoms with Crippen LogP contribution >= 0.6 is 0 Å². The smallest absolute Gasteiger partial charge is 0.306 e. The number of hydrogen-bond donors (Lipinski definition) is 1. The zero-order chi connectivity index (χ0) is 25.1. The van der Waals surface area contributed by atoms with Crippen molar-refractivity contribution in [2.75, 3.05) is 0 Å². The summed E-state index contributed by atoms with van der Waals surface area (Å²) in [4.78, 5) is 22.8. The maximum atomic E-state index is 12.2. The fourth-order valence-electron chi connectivity index (χ4n) is 3.58. The standard InChI is InChI=1S/C30H50O4/c1-3-5-7-8-9-10-11-12-13-14-15-17-21-24-28(34-30(33)27-20-6-4-2)25-22-18-16-19-23-26-29(31)32/h5,7,9-10,12-13,15,17,28H,3-4,6,8,11,14,16,18-27H2,1-2H3,(H,31,32)/b7-5-,10-9-,13-12-,17-15-. The minimum Gasteiger partial charge on any atom is -0.481 e. The van der Waals surface area contributed by atoms with E-state index in [9.17, 15) is 9.59 Å². The van der Waals surface area contributed by atoms with Crippen molar-refractivity contribution in [3.63, 3.8) is 0 Å². The van der Waals surface area contributed by atoms with Gasteiger partial charge in [0.25, 0.3) is 0 Å². The Kier molecular flexibility index (Phi) is 23.9. The van der Waals surface area contributed by atoms with Gasteiger partial charge in [0.1, 0.15) is 6.10 Å². The third-order valence-corrected chi connectivity index (χ3v) is 5.57. The van der Waals surface area contributed by atoms with Gasteiger partial charge in [-0.25, -0.2) is 0 Å². The summed E-state index contributed by atoms with van der Waals surface area (Å²) in [5, 5.41) is 8.71. The predicted molar refractivity (Wildman–Crippen MR) is 144 cm³/mol. The summed E-state index contributed by atoms with van der Waals surface area (Å²) in [6.07, 6.45) is 32.9. The molecule has 4 nitrogen and oxygen atoms in total. The maximum Gasteiger partial charge on any atom is 0.306 e. The monoisotopic (exact) mass is 474 g/mol. The molecule has 0 saturated carbocycles. The largest absolute Gasteiger partial charge is 0.481 e. The fourth-order valence-corrected chi connectivity index (χ4v) is 3.58. The SMILES string of the molecule is CC/C=C\C/C=C\C/C=C\C/C=C\CCC(CCCCCCCC(=O)O)OC(=O)CCCCC. The number of hydrogen-bond acceptors (Lipinski definition) is 3. The van der Waals surface area contributed by atoms with Crippen LogP contribution < -0.4 is 0 Å². The molecule has 1 atom stereocenters. The molecule has 0 fully saturated rings. The molecular weight excluding hydrogens is 424 g/mol. The second-order valence-corrected chi connectivity index (χ2v) is 8.85. The molecule has 194 valence electrons. The molecule has 0 aromatic carbocycles. The number of carbonyl (C=O) groups excluding carboxylic acids is 1. The molecule has 0 heterocycles. The number of unbranched alkanes of at least 4 members (excludes halogenated alkanes) is 6. The van der Waals surface area contributed by atoms with Crippen molar-refractivity contribution in [1.29, 1.82) is 0 Å². The number of rotatable bonds is 23. The predicted octanol–water partition coefficient (Wildman–Crippen LogP) is 8.88. The van der Waals surface area contributed by atoms with Gasteiger partial charge in [-0.2, -0.15) is 0 Å². The van der Waals surface area contributed by atoms with Crippen LogP contribution in [0.15, 0.2) is 48.6 Å². The first kappa shape index (κ1) is 31.9. The van der Waals surface area contributed by atoms with Crippen molar-refractivity contribution in [2.24, 2.45) is 0 Å². The van der Waals surface area contributed by atoms with Crippen molar-refractivity contribution in [2.45, 2.75) is 129 Å². The molecule has 0 radical (unpaired) electrons. The summed E-state index contributed by atoms with van der Waals surface area (Å²) in [5.74, 6) is -0.782. The van der Waals surface area contributed by atoms with E-state index in [-0.39, 0.29) is 18.5 Å². The van der Waals surface area contributed by atoms with Gasteiger partial charge >= 0.3 is 11.9 Å². The van der Waals surface area contributed by atoms with Crippen LogP contribution in [0.3, 0.4) is 0 Å². The number of allylic oxidation sites excluding steroid dienone is 8. The van der Waals surface area contributed by atoms with E-state index in [0.717, 1.165) is 96.3 Å². The van der Waals surface area contributed by atoms with E-state index >= 15 is 0 Å². The van der Waals surface area contributed by atoms with Crippen LogP contribution in [0.4, 0.5) is 0 Å². The molecule has 34 heavy (non-hydrogen) atoms. The lowest BCUT2D eigenvalue weighted by atomic mass is 10.0. The summed E-state index contributed by atoms with van der Waals surface area (Å²) in [5.41, 5.74) is 0. The molecule has 0 aromatic rings. The first-order chi connectivity index (χ1) is 16.6. The van der Waals surface area contributed by atoms with Crippen LogP contribution in [0.5, 0.6) is 0 Å². The second-order valence-electron chi connectivity index (χ2n) is 8.85. The average Bonchev–Trinajstić information content (AvgIpc) is 2.81. The van der Waals surface area contributed by atoms with Crippen molar-refractivity contribution in [3.05, 3.63) is 48.6 Å². The molecule has 0 spiro atoms. The van der Waals surface area contributed by atoms with Gasteiger partial charge < -0.3 is 9.84 Å². The van der Waals surface area contributed by atoms with Crippen molar-refractivity contribution < 1.29 is 19.4 Å². The van der Waals surface area contributed by atoms with Crippen LogP contribution in [0.25, 0.3) is 0 Å². The zero-order valence-electron chi connectivity index (χ0n) is 21.9. The molecule has 1 N–H and O–H groups in total. The summed E-state index contributed by atoms with van der Waals surface area (Å²) in [6.45, 7) is 4.28. The molecule has 0 aromatic heterocycles. The van der Waals surface area contributed by atoms with E-state index < -0.39 is 5.97 Å². The number of ether oxygens (including phenoxy) is 1. The molecular formula is C30H50O4. The van der Waals surface area contributed by atoms with E-state index in [1.165, 1.54) is 0 Å². The Hall–Kier alpha value is -2.10. The molecule has 0 saturated heterocycles. The lowest BCUT2D eigenvalue weighted by Crippen LogP contribution is -2.18. The summed E-state index contributed by atoms with van der Waals surface area (Å²) in [7, 11) is 0. The van der Waals surface area contributed by atoms with Gasteiger partial charge in [0.2, 0.25) is 0 Å². The van der Waals surface area contributed by atoms with Gasteiger partial charge in [-0.1, -0.05) is 94.6 Å². The minimum atomic E-state index is -0.717. The van der Waals surface area contributed by atoms with E-state index in [1.54, 1.807) is 0 Å². The summed E-state index contributed by atoms with van der Waals surface area (Å²) < 4.78 is 5.79. The lowest BCUT2D eigenvalue weighted by molar-refractivity contribution is -0.150. The molecule has 0 rings (SSSR count). The molecule has 0 amide bonds. The Morgan fingerprint density at radius 1 is 0.676 bits per heavy atom. The average molecular weight is 475 g/mol. The molecule has 0 bridgehead atoms. The molecule has 4 heteroatoms. The first-order valence-corrected chi connectivity index (χ1v) is 13.6. The Bertz CT molecular complexity index is 601. The molecule has 1 unspecified atom stereocenters. The van der Waals surface area contributed by atoms with E-state index in [4.69, 9.17) is 9.84 Å². The Morgan fingerprint density at radius 2 is 1.24 bits per heavy atom. The lowest BCUT2D eigenvalue weighted by Gasteiger charge is -2.17. The number of aliphatic carboxylic acids is 1. The highest BCUT2D eigenvalue weighted by atomic mass is 16.5. The number of carbonyl (C=O) groups is 2. The van der Waals surface area contributed by atoms with Crippen LogP contribution in [0, 0.1) is 0 Å². The topological polar surface area (TPSA) is 63.6 Å². The highest BCUT2D eigenvalue weighted by Gasteiger charge is 2.13. The maximum absolute atomic E-state index is 12.2. The normalized spacial score (nSPS) is 13.0. The van der Waals surface area contributed by atoms with Gasteiger partial charge in [-0.3, -0.25) is 9.59 Å². The zero-order valence-corrected chi connectivity index (χ0v) is 21.9. The van der Waals surface area contributed by atoms with Gasteiger partial charge in [0.15, 0.2) is 0 Å². The Labute approximate surface area is 209 Å². The number of esters is 1. The van der Waals surface area contributed by atoms with Gasteiger partial charge in [0, 0.05) is 12.8 Å². The highest BCUT2D eigenvalue weighted by molar-refractivity contribution is 5.69. The van der Waals surface area contributed by atoms with Crippen LogP contribution in [-0.2, 0) is 14.3 Å². The third-order valence-electron chi connectivity index (χ3n) is 5.57. The van der Waals surface area contributed by atoms with Crippen molar-refractivity contribution >= 4 is 11.9 Å². The molecule has 0 aliphatic carbocycles. The summed E-state index contributed by atoms with van der Waals surface area (Å²) >= 11 is 0. The van der Waals surface area contributed by atoms with Crippen molar-refractivity contribution in [1.82, 2.24) is 0 Å². The molecule has 0 aliphatic heterocycles. The minimum absolute atomic E-state index is 0.0137. The summed E-state index contributed by atoms with van der Waals surface area (Å²) in [6, 6.07) is 0. The number of carboxylic acid groups (broad SMARTS) is 1. The van der Waals surface area contributed by atoms with Crippen LogP contribution in [0.2, 0.25) is 0 Å². The van der Waals surface area contributed by atoms with Gasteiger partial charge in [0.05, 0.1) is 0 Å². The molecule has 0 aliphatic rings.